The molecule has 2 atom stereocenters. The van der Waals surface area contributed by atoms with Gasteiger partial charge < -0.3 is 10.1 Å². The van der Waals surface area contributed by atoms with Gasteiger partial charge in [0.15, 0.2) is 0 Å². The molecular weight excluding hydrogens is 226 g/mol. The number of hydrogen-bond donors (Lipinski definition) is 1. The summed E-state index contributed by atoms with van der Waals surface area (Å²) in [6.45, 7) is 6.11. The lowest BCUT2D eigenvalue weighted by Gasteiger charge is -2.29. The van der Waals surface area contributed by atoms with Crippen molar-refractivity contribution >= 4 is 0 Å². The standard InChI is InChI=1S/C14H25N3O/c15-12-13-4-1-2-5-14(13)16-6-3-7-17-8-10-18-11-9-17/h13-14,16H,1-11H2. The molecule has 0 aromatic heterocycles. The molecule has 18 heavy (non-hydrogen) atoms. The Morgan fingerprint density at radius 2 is 2.00 bits per heavy atom. The molecule has 1 saturated heterocycles. The molecule has 1 aliphatic carbocycles. The molecule has 102 valence electrons. The van der Waals surface area contributed by atoms with Gasteiger partial charge in [-0.25, -0.2) is 0 Å². The molecule has 4 nitrogen and oxygen atoms in total. The number of nitriles is 1. The van der Waals surface area contributed by atoms with E-state index in [4.69, 9.17) is 10.00 Å². The van der Waals surface area contributed by atoms with E-state index in [0.29, 0.717) is 6.04 Å². The fourth-order valence-electron chi connectivity index (χ4n) is 2.94. The molecule has 2 unspecified atom stereocenters. The third kappa shape index (κ3) is 4.24. The summed E-state index contributed by atoms with van der Waals surface area (Å²) in [6.07, 6.45) is 5.94. The zero-order valence-electron chi connectivity index (χ0n) is 11.2. The van der Waals surface area contributed by atoms with Gasteiger partial charge in [0.2, 0.25) is 0 Å². The molecule has 2 fully saturated rings. The van der Waals surface area contributed by atoms with Crippen LogP contribution in [0.4, 0.5) is 0 Å². The topological polar surface area (TPSA) is 48.3 Å². The van der Waals surface area contributed by atoms with E-state index >= 15 is 0 Å². The largest absolute Gasteiger partial charge is 0.379 e. The minimum absolute atomic E-state index is 0.238. The average Bonchev–Trinajstić information content (AvgIpc) is 2.45. The Balaban J connectivity index is 1.58. The third-order valence-electron chi connectivity index (χ3n) is 4.09. The number of hydrogen-bond acceptors (Lipinski definition) is 4. The van der Waals surface area contributed by atoms with Crippen LogP contribution < -0.4 is 5.32 Å². The van der Waals surface area contributed by atoms with E-state index in [1.54, 1.807) is 0 Å². The van der Waals surface area contributed by atoms with Gasteiger partial charge in [0.25, 0.3) is 0 Å². The van der Waals surface area contributed by atoms with Gasteiger partial charge in [-0.15, -0.1) is 0 Å². The van der Waals surface area contributed by atoms with Crippen molar-refractivity contribution in [2.75, 3.05) is 39.4 Å². The maximum Gasteiger partial charge on any atom is 0.0672 e. The second-order valence-electron chi connectivity index (χ2n) is 5.39. The van der Waals surface area contributed by atoms with Crippen LogP contribution in [0.5, 0.6) is 0 Å². The molecule has 0 spiro atoms. The predicted octanol–water partition coefficient (Wildman–Crippen LogP) is 1.38. The summed E-state index contributed by atoms with van der Waals surface area (Å²) in [4.78, 5) is 2.47. The van der Waals surface area contributed by atoms with Gasteiger partial charge >= 0.3 is 0 Å². The number of rotatable bonds is 5. The summed E-state index contributed by atoms with van der Waals surface area (Å²) in [5.41, 5.74) is 0. The van der Waals surface area contributed by atoms with Gasteiger partial charge in [0, 0.05) is 19.1 Å². The highest BCUT2D eigenvalue weighted by molar-refractivity contribution is 4.94. The highest BCUT2D eigenvalue weighted by Crippen LogP contribution is 2.23. The predicted molar refractivity (Wildman–Crippen MR) is 71.2 cm³/mol. The van der Waals surface area contributed by atoms with Crippen molar-refractivity contribution in [3.8, 4) is 6.07 Å². The molecule has 1 aliphatic heterocycles. The average molecular weight is 251 g/mol. The maximum atomic E-state index is 9.11. The van der Waals surface area contributed by atoms with Crippen LogP contribution in [0.2, 0.25) is 0 Å². The number of morpholine rings is 1. The molecular formula is C14H25N3O. The van der Waals surface area contributed by atoms with Crippen LogP contribution in [0, 0.1) is 17.2 Å². The van der Waals surface area contributed by atoms with E-state index in [1.165, 1.54) is 25.7 Å². The Bertz CT molecular complexity index is 271. The second kappa shape index (κ2) is 7.73. The van der Waals surface area contributed by atoms with Crippen LogP contribution in [0.1, 0.15) is 32.1 Å². The van der Waals surface area contributed by atoms with Crippen LogP contribution >= 0.6 is 0 Å². The SMILES string of the molecule is N#CC1CCCCC1NCCCN1CCOCC1. The van der Waals surface area contributed by atoms with Crippen molar-refractivity contribution in [1.82, 2.24) is 10.2 Å². The summed E-state index contributed by atoms with van der Waals surface area (Å²) in [5.74, 6) is 0.238. The van der Waals surface area contributed by atoms with Crippen molar-refractivity contribution in [3.05, 3.63) is 0 Å². The second-order valence-corrected chi connectivity index (χ2v) is 5.39. The Kier molecular flexibility index (Phi) is 5.92. The van der Waals surface area contributed by atoms with Crippen LogP contribution in [0.3, 0.4) is 0 Å². The fourth-order valence-corrected chi connectivity index (χ4v) is 2.94. The van der Waals surface area contributed by atoms with E-state index in [1.807, 2.05) is 0 Å². The molecule has 0 aromatic carbocycles. The van der Waals surface area contributed by atoms with Crippen molar-refractivity contribution in [1.29, 1.82) is 5.26 Å². The highest BCUT2D eigenvalue weighted by atomic mass is 16.5. The molecule has 1 heterocycles. The quantitative estimate of drug-likeness (QED) is 0.750. The van der Waals surface area contributed by atoms with Gasteiger partial charge in [-0.1, -0.05) is 12.8 Å². The molecule has 1 saturated carbocycles. The normalized spacial score (nSPS) is 29.9. The minimum Gasteiger partial charge on any atom is -0.379 e. The number of nitrogens with zero attached hydrogens (tertiary/aromatic N) is 2. The Labute approximate surface area is 110 Å². The van der Waals surface area contributed by atoms with E-state index in [0.717, 1.165) is 45.8 Å². The Morgan fingerprint density at radius 1 is 1.22 bits per heavy atom. The van der Waals surface area contributed by atoms with Crippen molar-refractivity contribution in [2.45, 2.75) is 38.1 Å². The molecule has 1 N–H and O–H groups in total. The Hall–Kier alpha value is -0.630. The van der Waals surface area contributed by atoms with Gasteiger partial charge in [0.1, 0.15) is 0 Å². The summed E-state index contributed by atoms with van der Waals surface area (Å²) in [5, 5.41) is 12.7. The lowest BCUT2D eigenvalue weighted by Crippen LogP contribution is -2.41. The number of nitrogens with one attached hydrogen (secondary N) is 1. The van der Waals surface area contributed by atoms with E-state index in [-0.39, 0.29) is 5.92 Å². The first-order chi connectivity index (χ1) is 8.90. The Morgan fingerprint density at radius 3 is 2.78 bits per heavy atom. The third-order valence-corrected chi connectivity index (χ3v) is 4.09. The first-order valence-corrected chi connectivity index (χ1v) is 7.33. The maximum absolute atomic E-state index is 9.11. The molecule has 2 aliphatic rings. The zero-order chi connectivity index (χ0) is 12.6. The van der Waals surface area contributed by atoms with Crippen LogP contribution in [-0.2, 0) is 4.74 Å². The minimum atomic E-state index is 0.238. The summed E-state index contributed by atoms with van der Waals surface area (Å²) in [7, 11) is 0. The number of ether oxygens (including phenoxy) is 1. The lowest BCUT2D eigenvalue weighted by molar-refractivity contribution is 0.0373. The smallest absolute Gasteiger partial charge is 0.0672 e. The molecule has 0 aromatic rings. The first-order valence-electron chi connectivity index (χ1n) is 7.33. The summed E-state index contributed by atoms with van der Waals surface area (Å²) >= 11 is 0. The van der Waals surface area contributed by atoms with Crippen LogP contribution in [-0.4, -0.2) is 50.3 Å². The van der Waals surface area contributed by atoms with E-state index < -0.39 is 0 Å². The van der Waals surface area contributed by atoms with Gasteiger partial charge in [-0.3, -0.25) is 4.90 Å². The molecule has 0 amide bonds. The van der Waals surface area contributed by atoms with E-state index in [2.05, 4.69) is 16.3 Å². The van der Waals surface area contributed by atoms with Crippen molar-refractivity contribution in [3.63, 3.8) is 0 Å². The summed E-state index contributed by atoms with van der Waals surface area (Å²) in [6, 6.07) is 2.89. The first kappa shape index (κ1) is 13.8. The zero-order valence-corrected chi connectivity index (χ0v) is 11.2. The van der Waals surface area contributed by atoms with Crippen LogP contribution in [0.25, 0.3) is 0 Å². The van der Waals surface area contributed by atoms with Gasteiger partial charge in [-0.2, -0.15) is 5.26 Å². The van der Waals surface area contributed by atoms with E-state index in [9.17, 15) is 0 Å². The molecule has 0 bridgehead atoms. The monoisotopic (exact) mass is 251 g/mol. The van der Waals surface area contributed by atoms with Gasteiger partial charge in [-0.05, 0) is 32.4 Å². The molecule has 2 rings (SSSR count). The summed E-state index contributed by atoms with van der Waals surface area (Å²) < 4.78 is 5.34. The van der Waals surface area contributed by atoms with Crippen molar-refractivity contribution < 1.29 is 4.74 Å². The van der Waals surface area contributed by atoms with Crippen LogP contribution in [0.15, 0.2) is 0 Å². The molecule has 0 radical (unpaired) electrons. The van der Waals surface area contributed by atoms with Gasteiger partial charge in [0.05, 0.1) is 25.2 Å². The fraction of sp³-hybridized carbons (Fsp3) is 0.929. The van der Waals surface area contributed by atoms with Crippen molar-refractivity contribution in [2.24, 2.45) is 5.92 Å². The molecule has 4 heteroatoms. The lowest BCUT2D eigenvalue weighted by atomic mass is 9.85. The highest BCUT2D eigenvalue weighted by Gasteiger charge is 2.23.